The number of aromatic amines is 1. The van der Waals surface area contributed by atoms with Crippen LogP contribution in [0.15, 0.2) is 28.7 Å². The molecule has 2 aromatic rings. The summed E-state index contributed by atoms with van der Waals surface area (Å²) in [5, 5.41) is 9.56. The largest absolute Gasteiger partial charge is 0.347 e. The Balaban J connectivity index is 2.03. The maximum Gasteiger partial charge on any atom is 0.237 e. The van der Waals surface area contributed by atoms with Crippen LogP contribution >= 0.6 is 15.9 Å². The van der Waals surface area contributed by atoms with Crippen LogP contribution in [0.4, 0.5) is 0 Å². The molecule has 1 atom stereocenters. The van der Waals surface area contributed by atoms with Gasteiger partial charge in [0.2, 0.25) is 5.91 Å². The number of carbonyl (C=O) groups excluding carboxylic acids is 1. The Morgan fingerprint density at radius 1 is 1.47 bits per heavy atom. The molecule has 1 amide bonds. The van der Waals surface area contributed by atoms with Crippen molar-refractivity contribution in [1.29, 1.82) is 0 Å². The van der Waals surface area contributed by atoms with Gasteiger partial charge in [-0.1, -0.05) is 28.1 Å². The third kappa shape index (κ3) is 3.62. The monoisotopic (exact) mass is 323 g/mol. The predicted octanol–water partition coefficient (Wildman–Crippen LogP) is 1.20. The highest BCUT2D eigenvalue weighted by Gasteiger charge is 2.09. The lowest BCUT2D eigenvalue weighted by molar-refractivity contribution is -0.122. The van der Waals surface area contributed by atoms with E-state index in [2.05, 4.69) is 36.4 Å². The Morgan fingerprint density at radius 3 is 2.79 bits per heavy atom. The fourth-order valence-corrected chi connectivity index (χ4v) is 1.70. The fourth-order valence-electron chi connectivity index (χ4n) is 1.43. The Labute approximate surface area is 118 Å². The molecule has 100 valence electrons. The van der Waals surface area contributed by atoms with Gasteiger partial charge in [0.05, 0.1) is 12.6 Å². The van der Waals surface area contributed by atoms with Gasteiger partial charge in [0.1, 0.15) is 5.82 Å². The zero-order valence-corrected chi connectivity index (χ0v) is 11.9. The van der Waals surface area contributed by atoms with Gasteiger partial charge < -0.3 is 11.1 Å². The smallest absolute Gasteiger partial charge is 0.237 e. The summed E-state index contributed by atoms with van der Waals surface area (Å²) in [6, 6.07) is 7.13. The molecule has 7 heteroatoms. The molecular weight excluding hydrogens is 310 g/mol. The first kappa shape index (κ1) is 13.7. The molecule has 1 heterocycles. The van der Waals surface area contributed by atoms with Crippen molar-refractivity contribution in [3.05, 3.63) is 34.6 Å². The van der Waals surface area contributed by atoms with Crippen LogP contribution in [0.2, 0.25) is 0 Å². The van der Waals surface area contributed by atoms with Crippen molar-refractivity contribution < 1.29 is 4.79 Å². The zero-order chi connectivity index (χ0) is 13.8. The van der Waals surface area contributed by atoms with Crippen molar-refractivity contribution in [3.8, 4) is 11.4 Å². The molecular formula is C12H14BrN5O. The lowest BCUT2D eigenvalue weighted by Gasteiger charge is -2.04. The summed E-state index contributed by atoms with van der Waals surface area (Å²) < 4.78 is 0.996. The molecule has 0 aliphatic rings. The molecule has 0 aliphatic carbocycles. The molecule has 0 aliphatic heterocycles. The predicted molar refractivity (Wildman–Crippen MR) is 75.0 cm³/mol. The zero-order valence-electron chi connectivity index (χ0n) is 10.4. The van der Waals surface area contributed by atoms with Crippen LogP contribution < -0.4 is 11.1 Å². The molecule has 1 aromatic heterocycles. The summed E-state index contributed by atoms with van der Waals surface area (Å²) in [5.74, 6) is 0.964. The second-order valence-electron chi connectivity index (χ2n) is 4.12. The topological polar surface area (TPSA) is 96.7 Å². The third-order valence-electron chi connectivity index (χ3n) is 2.48. The van der Waals surface area contributed by atoms with E-state index in [1.807, 2.05) is 24.3 Å². The maximum atomic E-state index is 11.3. The third-order valence-corrected chi connectivity index (χ3v) is 3.01. The summed E-state index contributed by atoms with van der Waals surface area (Å²) in [7, 11) is 0. The van der Waals surface area contributed by atoms with E-state index in [9.17, 15) is 4.79 Å². The molecule has 2 rings (SSSR count). The average Bonchev–Trinajstić information content (AvgIpc) is 2.85. The van der Waals surface area contributed by atoms with Crippen molar-refractivity contribution in [2.75, 3.05) is 0 Å². The first-order chi connectivity index (χ1) is 9.06. The highest BCUT2D eigenvalue weighted by molar-refractivity contribution is 9.10. The van der Waals surface area contributed by atoms with E-state index in [1.165, 1.54) is 0 Å². The number of nitrogens with zero attached hydrogens (tertiary/aromatic N) is 2. The normalized spacial score (nSPS) is 12.2. The van der Waals surface area contributed by atoms with Crippen molar-refractivity contribution in [2.24, 2.45) is 5.73 Å². The second-order valence-corrected chi connectivity index (χ2v) is 5.03. The minimum absolute atomic E-state index is 0.221. The van der Waals surface area contributed by atoms with Gasteiger partial charge in [-0.3, -0.25) is 9.89 Å². The highest BCUT2D eigenvalue weighted by atomic mass is 79.9. The lowest BCUT2D eigenvalue weighted by atomic mass is 10.2. The van der Waals surface area contributed by atoms with E-state index in [0.717, 1.165) is 10.0 Å². The lowest BCUT2D eigenvalue weighted by Crippen LogP contribution is -2.38. The molecule has 19 heavy (non-hydrogen) atoms. The van der Waals surface area contributed by atoms with E-state index in [0.29, 0.717) is 11.6 Å². The quantitative estimate of drug-likeness (QED) is 0.787. The van der Waals surface area contributed by atoms with Gasteiger partial charge in [-0.15, -0.1) is 0 Å². The standard InChI is InChI=1S/C12H14BrN5O/c1-7(14)12(19)15-6-10-16-11(18-17-10)8-2-4-9(13)5-3-8/h2-5,7H,6,14H2,1H3,(H,15,19)(H,16,17,18)/t7-/m0/s1. The highest BCUT2D eigenvalue weighted by Crippen LogP contribution is 2.18. The van der Waals surface area contributed by atoms with Crippen LogP contribution in [0.5, 0.6) is 0 Å². The van der Waals surface area contributed by atoms with Gasteiger partial charge in [-0.05, 0) is 19.1 Å². The summed E-state index contributed by atoms with van der Waals surface area (Å²) in [6.07, 6.45) is 0. The number of benzene rings is 1. The molecule has 0 unspecified atom stereocenters. The van der Waals surface area contributed by atoms with E-state index in [1.54, 1.807) is 6.92 Å². The Hall–Kier alpha value is -1.73. The van der Waals surface area contributed by atoms with Crippen molar-refractivity contribution >= 4 is 21.8 Å². The fraction of sp³-hybridized carbons (Fsp3) is 0.250. The minimum atomic E-state index is -0.533. The Morgan fingerprint density at radius 2 is 2.16 bits per heavy atom. The first-order valence-corrected chi connectivity index (χ1v) is 6.56. The van der Waals surface area contributed by atoms with Gasteiger partial charge in [0.15, 0.2) is 5.82 Å². The van der Waals surface area contributed by atoms with Crippen LogP contribution in [-0.4, -0.2) is 27.1 Å². The number of H-pyrrole nitrogens is 1. The number of hydrogen-bond acceptors (Lipinski definition) is 4. The van der Waals surface area contributed by atoms with Crippen molar-refractivity contribution in [2.45, 2.75) is 19.5 Å². The van der Waals surface area contributed by atoms with Crippen LogP contribution in [0.1, 0.15) is 12.7 Å². The van der Waals surface area contributed by atoms with Crippen LogP contribution in [0.25, 0.3) is 11.4 Å². The first-order valence-electron chi connectivity index (χ1n) is 5.77. The number of amides is 1. The van der Waals surface area contributed by atoms with E-state index < -0.39 is 6.04 Å². The molecule has 0 saturated heterocycles. The summed E-state index contributed by atoms with van der Waals surface area (Å²) in [5.41, 5.74) is 6.35. The van der Waals surface area contributed by atoms with E-state index in [-0.39, 0.29) is 12.5 Å². The number of aromatic nitrogens is 3. The summed E-state index contributed by atoms with van der Waals surface area (Å²) in [4.78, 5) is 15.6. The minimum Gasteiger partial charge on any atom is -0.347 e. The molecule has 0 spiro atoms. The van der Waals surface area contributed by atoms with Crippen LogP contribution in [0, 0.1) is 0 Å². The average molecular weight is 324 g/mol. The van der Waals surface area contributed by atoms with Crippen molar-refractivity contribution in [3.63, 3.8) is 0 Å². The SMILES string of the molecule is C[C@H](N)C(=O)NCc1nc(-c2ccc(Br)cc2)n[nH]1. The van der Waals surface area contributed by atoms with E-state index in [4.69, 9.17) is 5.73 Å². The van der Waals surface area contributed by atoms with E-state index >= 15 is 0 Å². The number of nitrogens with one attached hydrogen (secondary N) is 2. The number of rotatable bonds is 4. The summed E-state index contributed by atoms with van der Waals surface area (Å²) >= 11 is 3.37. The number of hydrogen-bond donors (Lipinski definition) is 3. The van der Waals surface area contributed by atoms with Crippen molar-refractivity contribution in [1.82, 2.24) is 20.5 Å². The maximum absolute atomic E-state index is 11.3. The van der Waals surface area contributed by atoms with Gasteiger partial charge >= 0.3 is 0 Å². The molecule has 6 nitrogen and oxygen atoms in total. The Bertz CT molecular complexity index is 564. The molecule has 4 N–H and O–H groups in total. The van der Waals surface area contributed by atoms with Gasteiger partial charge in [0, 0.05) is 10.0 Å². The molecule has 0 radical (unpaired) electrons. The number of carbonyl (C=O) groups is 1. The van der Waals surface area contributed by atoms with Crippen LogP contribution in [-0.2, 0) is 11.3 Å². The molecule has 0 fully saturated rings. The number of nitrogens with two attached hydrogens (primary N) is 1. The van der Waals surface area contributed by atoms with Gasteiger partial charge in [-0.25, -0.2) is 4.98 Å². The molecule has 0 saturated carbocycles. The number of halogens is 1. The molecule has 1 aromatic carbocycles. The molecule has 0 bridgehead atoms. The van der Waals surface area contributed by atoms with Gasteiger partial charge in [0.25, 0.3) is 0 Å². The second kappa shape index (κ2) is 5.94. The van der Waals surface area contributed by atoms with Gasteiger partial charge in [-0.2, -0.15) is 5.10 Å². The summed E-state index contributed by atoms with van der Waals surface area (Å²) in [6.45, 7) is 1.91. The van der Waals surface area contributed by atoms with Crippen LogP contribution in [0.3, 0.4) is 0 Å². The Kier molecular flexibility index (Phi) is 4.28.